The van der Waals surface area contributed by atoms with Gasteiger partial charge in [0, 0.05) is 0 Å². The molecule has 0 saturated carbocycles. The highest BCUT2D eigenvalue weighted by molar-refractivity contribution is 6.39. The number of barbiturate groups is 1. The fourth-order valence-electron chi connectivity index (χ4n) is 3.06. The van der Waals surface area contributed by atoms with Gasteiger partial charge in [-0.05, 0) is 47.4 Å². The Morgan fingerprint density at radius 1 is 1.00 bits per heavy atom. The molecule has 1 aliphatic rings. The number of urea groups is 1. The first-order valence-corrected chi connectivity index (χ1v) is 9.23. The van der Waals surface area contributed by atoms with Crippen molar-refractivity contribution in [2.45, 2.75) is 19.8 Å². The van der Waals surface area contributed by atoms with Crippen LogP contribution in [0.5, 0.6) is 17.2 Å². The van der Waals surface area contributed by atoms with Crippen LogP contribution in [0.2, 0.25) is 0 Å². The Kier molecular flexibility index (Phi) is 5.77. The average Bonchev–Trinajstić information content (AvgIpc) is 2.72. The van der Waals surface area contributed by atoms with Crippen molar-refractivity contribution in [1.29, 1.82) is 0 Å². The number of amides is 4. The van der Waals surface area contributed by atoms with Crippen LogP contribution in [0.4, 0.5) is 10.5 Å². The number of ether oxygens (including phenoxy) is 2. The monoisotopic (exact) mass is 410 g/mol. The number of nitrogens with zero attached hydrogens (tertiary/aromatic N) is 1. The summed E-state index contributed by atoms with van der Waals surface area (Å²) in [6.45, 7) is 4.07. The van der Waals surface area contributed by atoms with Gasteiger partial charge in [0.1, 0.15) is 5.57 Å². The lowest BCUT2D eigenvalue weighted by molar-refractivity contribution is -0.122. The van der Waals surface area contributed by atoms with Crippen LogP contribution >= 0.6 is 0 Å². The molecule has 2 aromatic carbocycles. The lowest BCUT2D eigenvalue weighted by Crippen LogP contribution is -2.54. The predicted molar refractivity (Wildman–Crippen MR) is 111 cm³/mol. The third-order valence-electron chi connectivity index (χ3n) is 4.73. The number of hydrogen-bond acceptors (Lipinski definition) is 6. The summed E-state index contributed by atoms with van der Waals surface area (Å²) in [5.41, 5.74) is 1.54. The Morgan fingerprint density at radius 3 is 2.07 bits per heavy atom. The molecule has 156 valence electrons. The molecule has 0 bridgehead atoms. The van der Waals surface area contributed by atoms with Crippen LogP contribution in [0.3, 0.4) is 0 Å². The van der Waals surface area contributed by atoms with Gasteiger partial charge in [0.2, 0.25) is 5.75 Å². The molecule has 0 spiro atoms. The molecule has 1 aliphatic heterocycles. The topological polar surface area (TPSA) is 105 Å². The normalized spacial score (nSPS) is 15.6. The Bertz CT molecular complexity index is 1020. The first-order valence-electron chi connectivity index (χ1n) is 9.23. The van der Waals surface area contributed by atoms with Gasteiger partial charge in [-0.1, -0.05) is 26.0 Å². The van der Waals surface area contributed by atoms with Crippen LogP contribution < -0.4 is 19.7 Å². The maximum absolute atomic E-state index is 13.0. The van der Waals surface area contributed by atoms with Crippen molar-refractivity contribution in [2.75, 3.05) is 19.1 Å². The summed E-state index contributed by atoms with van der Waals surface area (Å²) >= 11 is 0. The highest BCUT2D eigenvalue weighted by Crippen LogP contribution is 2.38. The number of anilines is 1. The van der Waals surface area contributed by atoms with Crippen molar-refractivity contribution >= 4 is 29.6 Å². The molecule has 0 atom stereocenters. The molecule has 1 saturated heterocycles. The van der Waals surface area contributed by atoms with E-state index in [-0.39, 0.29) is 22.8 Å². The third kappa shape index (κ3) is 3.84. The lowest BCUT2D eigenvalue weighted by Gasteiger charge is -2.26. The van der Waals surface area contributed by atoms with E-state index in [0.717, 1.165) is 10.5 Å². The second kappa shape index (κ2) is 8.28. The molecule has 1 fully saturated rings. The summed E-state index contributed by atoms with van der Waals surface area (Å²) in [5, 5.41) is 12.2. The minimum Gasteiger partial charge on any atom is -0.502 e. The van der Waals surface area contributed by atoms with Crippen molar-refractivity contribution in [3.8, 4) is 17.2 Å². The zero-order valence-corrected chi connectivity index (χ0v) is 17.1. The summed E-state index contributed by atoms with van der Waals surface area (Å²) in [4.78, 5) is 38.6. The Hall–Kier alpha value is -3.81. The molecule has 0 radical (unpaired) electrons. The quantitative estimate of drug-likeness (QED) is 0.579. The number of methoxy groups -OCH3 is 2. The molecule has 2 aromatic rings. The number of hydrogen-bond donors (Lipinski definition) is 2. The molecule has 1 heterocycles. The first kappa shape index (κ1) is 20.9. The molecule has 0 unspecified atom stereocenters. The molecule has 0 aliphatic carbocycles. The van der Waals surface area contributed by atoms with E-state index in [1.54, 1.807) is 12.1 Å². The number of aromatic hydroxyl groups is 1. The number of carbonyl (C=O) groups is 3. The van der Waals surface area contributed by atoms with Gasteiger partial charge in [-0.3, -0.25) is 14.9 Å². The standard InChI is InChI=1S/C22H22N2O6/c1-12(2)14-5-7-15(8-6-14)24-21(27)16(20(26)23-22(24)28)9-13-10-17(29-3)19(25)18(11-13)30-4/h5-12,25H,1-4H3,(H,23,26,28)/b16-9+. The summed E-state index contributed by atoms with van der Waals surface area (Å²) in [5.74, 6) is -1.26. The van der Waals surface area contributed by atoms with E-state index in [0.29, 0.717) is 17.2 Å². The third-order valence-corrected chi connectivity index (χ3v) is 4.73. The minimum absolute atomic E-state index is 0.113. The maximum Gasteiger partial charge on any atom is 0.335 e. The molecular weight excluding hydrogens is 388 g/mol. The van der Waals surface area contributed by atoms with E-state index in [1.165, 1.54) is 32.4 Å². The van der Waals surface area contributed by atoms with Crippen molar-refractivity contribution in [2.24, 2.45) is 0 Å². The molecule has 3 rings (SSSR count). The molecule has 8 nitrogen and oxygen atoms in total. The van der Waals surface area contributed by atoms with Crippen LogP contribution in [0.25, 0.3) is 6.08 Å². The Morgan fingerprint density at radius 2 is 1.57 bits per heavy atom. The first-order chi connectivity index (χ1) is 14.3. The predicted octanol–water partition coefficient (Wildman–Crippen LogP) is 3.20. The fraction of sp³-hybridized carbons (Fsp3) is 0.227. The summed E-state index contributed by atoms with van der Waals surface area (Å²) in [6, 6.07) is 9.05. The summed E-state index contributed by atoms with van der Waals surface area (Å²) in [7, 11) is 2.73. The number of nitrogens with one attached hydrogen (secondary N) is 1. The van der Waals surface area contributed by atoms with Gasteiger partial charge < -0.3 is 14.6 Å². The molecule has 0 aromatic heterocycles. The van der Waals surface area contributed by atoms with Gasteiger partial charge >= 0.3 is 6.03 Å². The Labute approximate surface area is 173 Å². The highest BCUT2D eigenvalue weighted by Gasteiger charge is 2.36. The smallest absolute Gasteiger partial charge is 0.335 e. The maximum atomic E-state index is 13.0. The van der Waals surface area contributed by atoms with E-state index < -0.39 is 17.8 Å². The van der Waals surface area contributed by atoms with Crippen molar-refractivity contribution in [1.82, 2.24) is 5.32 Å². The number of phenols is 1. The van der Waals surface area contributed by atoms with E-state index >= 15 is 0 Å². The van der Waals surface area contributed by atoms with E-state index in [9.17, 15) is 19.5 Å². The van der Waals surface area contributed by atoms with Crippen LogP contribution in [0.15, 0.2) is 42.0 Å². The molecule has 2 N–H and O–H groups in total. The van der Waals surface area contributed by atoms with Crippen molar-refractivity contribution in [3.63, 3.8) is 0 Å². The molecular formula is C22H22N2O6. The van der Waals surface area contributed by atoms with Crippen molar-refractivity contribution in [3.05, 3.63) is 53.1 Å². The second-order valence-electron chi connectivity index (χ2n) is 6.98. The van der Waals surface area contributed by atoms with E-state index in [4.69, 9.17) is 9.47 Å². The van der Waals surface area contributed by atoms with Crippen LogP contribution in [-0.2, 0) is 9.59 Å². The van der Waals surface area contributed by atoms with Crippen molar-refractivity contribution < 1.29 is 29.0 Å². The minimum atomic E-state index is -0.819. The average molecular weight is 410 g/mol. The lowest BCUT2D eigenvalue weighted by atomic mass is 10.0. The largest absolute Gasteiger partial charge is 0.502 e. The molecule has 4 amide bonds. The SMILES string of the molecule is COc1cc(/C=C2\C(=O)NC(=O)N(c3ccc(C(C)C)cc3)C2=O)cc(OC)c1O. The Balaban J connectivity index is 2.02. The van der Waals surface area contributed by atoms with Gasteiger partial charge in [0.25, 0.3) is 11.8 Å². The van der Waals surface area contributed by atoms with Gasteiger partial charge in [-0.25, -0.2) is 9.69 Å². The number of phenolic OH excluding ortho intramolecular Hbond substituents is 1. The number of imide groups is 2. The van der Waals surface area contributed by atoms with Crippen LogP contribution in [0, 0.1) is 0 Å². The van der Waals surface area contributed by atoms with Gasteiger partial charge in [0.05, 0.1) is 19.9 Å². The number of carbonyl (C=O) groups excluding carboxylic acids is 3. The fourth-order valence-corrected chi connectivity index (χ4v) is 3.06. The summed E-state index contributed by atoms with van der Waals surface area (Å²) in [6.07, 6.45) is 1.31. The molecule has 8 heteroatoms. The zero-order chi connectivity index (χ0) is 22.0. The number of benzene rings is 2. The highest BCUT2D eigenvalue weighted by atomic mass is 16.5. The van der Waals surface area contributed by atoms with Gasteiger partial charge in [-0.15, -0.1) is 0 Å². The van der Waals surface area contributed by atoms with Crippen LogP contribution in [-0.4, -0.2) is 37.2 Å². The van der Waals surface area contributed by atoms with E-state index in [1.807, 2.05) is 26.0 Å². The second-order valence-corrected chi connectivity index (χ2v) is 6.98. The van der Waals surface area contributed by atoms with Crippen LogP contribution in [0.1, 0.15) is 30.9 Å². The van der Waals surface area contributed by atoms with E-state index in [2.05, 4.69) is 5.32 Å². The zero-order valence-electron chi connectivity index (χ0n) is 17.1. The summed E-state index contributed by atoms with van der Waals surface area (Å²) < 4.78 is 10.2. The molecule has 30 heavy (non-hydrogen) atoms. The van der Waals surface area contributed by atoms with Gasteiger partial charge in [0.15, 0.2) is 11.5 Å². The van der Waals surface area contributed by atoms with Gasteiger partial charge in [-0.2, -0.15) is 0 Å². The number of rotatable bonds is 5.